The Morgan fingerprint density at radius 2 is 2.30 bits per heavy atom. The van der Waals surface area contributed by atoms with Gasteiger partial charge in [-0.1, -0.05) is 25.6 Å². The molecule has 1 atom stereocenters. The Balaban J connectivity index is 1.88. The minimum atomic E-state index is -1.11. The van der Waals surface area contributed by atoms with E-state index in [0.29, 0.717) is 40.4 Å². The number of rotatable bonds is 5. The number of carbonyl (C=O) groups is 1. The fraction of sp³-hybridized carbons (Fsp3) is 0.444. The maximum absolute atomic E-state index is 13.9. The molecule has 0 fully saturated rings. The molecule has 27 heavy (non-hydrogen) atoms. The number of aromatic nitrogens is 2. The van der Waals surface area contributed by atoms with Crippen molar-refractivity contribution in [2.45, 2.75) is 38.6 Å². The molecule has 0 spiro atoms. The van der Waals surface area contributed by atoms with Gasteiger partial charge < -0.3 is 15.5 Å². The number of nitrogens with zero attached hydrogens (tertiary/aromatic N) is 3. The maximum atomic E-state index is 13.9. The first-order valence-corrected chi connectivity index (χ1v) is 9.62. The SMILES string of the molecule is Cc1nc(C(=O)Nc2ccnc([C@]3(CF)CCSC(N)=N3)c2)c(C(C)C)o1. The number of amidine groups is 1. The van der Waals surface area contributed by atoms with E-state index >= 15 is 0 Å². The molecule has 0 saturated carbocycles. The number of nitrogens with two attached hydrogens (primary N) is 1. The summed E-state index contributed by atoms with van der Waals surface area (Å²) in [5.41, 5.74) is 5.86. The van der Waals surface area contributed by atoms with Crippen LogP contribution in [0.4, 0.5) is 10.1 Å². The molecule has 0 unspecified atom stereocenters. The van der Waals surface area contributed by atoms with Crippen molar-refractivity contribution >= 4 is 28.5 Å². The number of pyridine rings is 1. The minimum Gasteiger partial charge on any atom is -0.445 e. The molecule has 2 aromatic rings. The Labute approximate surface area is 161 Å². The molecular formula is C18H22FN5O2S. The fourth-order valence-corrected chi connectivity index (χ4v) is 3.81. The van der Waals surface area contributed by atoms with Gasteiger partial charge in [-0.3, -0.25) is 9.78 Å². The van der Waals surface area contributed by atoms with Gasteiger partial charge in [0.15, 0.2) is 16.8 Å². The van der Waals surface area contributed by atoms with Crippen molar-refractivity contribution in [1.29, 1.82) is 0 Å². The lowest BCUT2D eigenvalue weighted by Gasteiger charge is -2.30. The van der Waals surface area contributed by atoms with Gasteiger partial charge in [-0.25, -0.2) is 14.4 Å². The molecule has 1 aliphatic heterocycles. The quantitative estimate of drug-likeness (QED) is 0.809. The Hall–Kier alpha value is -2.42. The van der Waals surface area contributed by atoms with Crippen molar-refractivity contribution in [3.8, 4) is 0 Å². The molecule has 7 nitrogen and oxygen atoms in total. The van der Waals surface area contributed by atoms with Crippen LogP contribution < -0.4 is 11.1 Å². The zero-order chi connectivity index (χ0) is 19.6. The highest BCUT2D eigenvalue weighted by atomic mass is 32.2. The molecule has 9 heteroatoms. The van der Waals surface area contributed by atoms with Crippen LogP contribution in [-0.4, -0.2) is 33.5 Å². The largest absolute Gasteiger partial charge is 0.445 e. The highest BCUT2D eigenvalue weighted by molar-refractivity contribution is 8.13. The Bertz CT molecular complexity index is 882. The third kappa shape index (κ3) is 3.97. The molecule has 3 heterocycles. The fourth-order valence-electron chi connectivity index (χ4n) is 2.92. The lowest BCUT2D eigenvalue weighted by molar-refractivity contribution is 0.102. The summed E-state index contributed by atoms with van der Waals surface area (Å²) >= 11 is 1.39. The number of alkyl halides is 1. The van der Waals surface area contributed by atoms with E-state index in [9.17, 15) is 9.18 Å². The molecule has 0 bridgehead atoms. The molecule has 3 rings (SSSR count). The van der Waals surface area contributed by atoms with Crippen molar-refractivity contribution in [3.05, 3.63) is 41.4 Å². The van der Waals surface area contributed by atoms with Crippen LogP contribution in [0.5, 0.6) is 0 Å². The summed E-state index contributed by atoms with van der Waals surface area (Å²) < 4.78 is 19.4. The number of thioether (sulfide) groups is 1. The Kier molecular flexibility index (Phi) is 5.50. The number of halogens is 1. The summed E-state index contributed by atoms with van der Waals surface area (Å²) in [5, 5.41) is 3.13. The van der Waals surface area contributed by atoms with Crippen LogP contribution in [0.25, 0.3) is 0 Å². The average molecular weight is 391 g/mol. The van der Waals surface area contributed by atoms with Crippen LogP contribution in [0.3, 0.4) is 0 Å². The van der Waals surface area contributed by atoms with Gasteiger partial charge in [0.05, 0.1) is 5.69 Å². The van der Waals surface area contributed by atoms with E-state index in [1.54, 1.807) is 19.1 Å². The van der Waals surface area contributed by atoms with Gasteiger partial charge in [0, 0.05) is 30.5 Å². The third-order valence-corrected chi connectivity index (χ3v) is 5.10. The normalized spacial score (nSPS) is 19.8. The molecule has 0 aliphatic carbocycles. The van der Waals surface area contributed by atoms with Gasteiger partial charge in [-0.15, -0.1) is 0 Å². The predicted octanol–water partition coefficient (Wildman–Crippen LogP) is 3.37. The Morgan fingerprint density at radius 3 is 2.96 bits per heavy atom. The van der Waals surface area contributed by atoms with E-state index in [2.05, 4.69) is 20.3 Å². The summed E-state index contributed by atoms with van der Waals surface area (Å²) in [6, 6.07) is 3.27. The zero-order valence-electron chi connectivity index (χ0n) is 15.5. The van der Waals surface area contributed by atoms with Gasteiger partial charge in [-0.2, -0.15) is 0 Å². The van der Waals surface area contributed by atoms with Crippen LogP contribution in [0.2, 0.25) is 0 Å². The second-order valence-electron chi connectivity index (χ2n) is 6.70. The second kappa shape index (κ2) is 7.67. The van der Waals surface area contributed by atoms with Gasteiger partial charge in [0.1, 0.15) is 18.0 Å². The van der Waals surface area contributed by atoms with Crippen LogP contribution in [0.15, 0.2) is 27.7 Å². The summed E-state index contributed by atoms with van der Waals surface area (Å²) in [4.78, 5) is 25.4. The molecule has 0 saturated heterocycles. The molecular weight excluding hydrogens is 369 g/mol. The standard InChI is InChI=1S/C18H22FN5O2S/c1-10(2)15-14(22-11(3)26-15)16(25)23-12-4-6-21-13(8-12)18(9-19)5-7-27-17(20)24-18/h4,6,8,10H,5,7,9H2,1-3H3,(H2,20,24)(H,21,23,25)/t18-/m1/s1. The molecule has 0 aromatic carbocycles. The number of hydrogen-bond donors (Lipinski definition) is 2. The number of nitrogens with one attached hydrogen (secondary N) is 1. The molecule has 2 aromatic heterocycles. The van der Waals surface area contributed by atoms with Crippen molar-refractivity contribution in [1.82, 2.24) is 9.97 Å². The van der Waals surface area contributed by atoms with Gasteiger partial charge in [-0.05, 0) is 18.6 Å². The summed E-state index contributed by atoms with van der Waals surface area (Å²) in [7, 11) is 0. The van der Waals surface area contributed by atoms with E-state index in [1.165, 1.54) is 18.0 Å². The summed E-state index contributed by atoms with van der Waals surface area (Å²) in [5.74, 6) is 1.25. The smallest absolute Gasteiger partial charge is 0.277 e. The number of anilines is 1. The highest BCUT2D eigenvalue weighted by Crippen LogP contribution is 2.35. The van der Waals surface area contributed by atoms with E-state index in [1.807, 2.05) is 13.8 Å². The second-order valence-corrected chi connectivity index (χ2v) is 7.81. The van der Waals surface area contributed by atoms with E-state index in [-0.39, 0.29) is 17.5 Å². The highest BCUT2D eigenvalue weighted by Gasteiger charge is 2.36. The number of aliphatic imine (C=N–C) groups is 1. The van der Waals surface area contributed by atoms with Crippen molar-refractivity contribution in [2.75, 3.05) is 17.7 Å². The minimum absolute atomic E-state index is 0.0202. The molecule has 3 N–H and O–H groups in total. The van der Waals surface area contributed by atoms with Gasteiger partial charge in [0.25, 0.3) is 5.91 Å². The van der Waals surface area contributed by atoms with E-state index < -0.39 is 12.2 Å². The molecule has 144 valence electrons. The number of carbonyl (C=O) groups excluding carboxylic acids is 1. The lowest BCUT2D eigenvalue weighted by atomic mass is 9.93. The lowest BCUT2D eigenvalue weighted by Crippen LogP contribution is -2.34. The first-order chi connectivity index (χ1) is 12.8. The molecule has 0 radical (unpaired) electrons. The number of hydrogen-bond acceptors (Lipinski definition) is 7. The van der Waals surface area contributed by atoms with Crippen molar-refractivity contribution in [2.24, 2.45) is 10.7 Å². The van der Waals surface area contributed by atoms with Crippen LogP contribution >= 0.6 is 11.8 Å². The third-order valence-electron chi connectivity index (χ3n) is 4.31. The molecule has 1 amide bonds. The number of aryl methyl sites for hydroxylation is 1. The van der Waals surface area contributed by atoms with Crippen LogP contribution in [0, 0.1) is 6.92 Å². The number of oxazole rings is 1. The molecule has 1 aliphatic rings. The Morgan fingerprint density at radius 1 is 1.52 bits per heavy atom. The predicted molar refractivity (Wildman–Crippen MR) is 104 cm³/mol. The van der Waals surface area contributed by atoms with Gasteiger partial charge in [0.2, 0.25) is 0 Å². The van der Waals surface area contributed by atoms with E-state index in [4.69, 9.17) is 10.2 Å². The average Bonchev–Trinajstić information content (AvgIpc) is 3.04. The van der Waals surface area contributed by atoms with Crippen molar-refractivity contribution in [3.63, 3.8) is 0 Å². The summed E-state index contributed by atoms with van der Waals surface area (Å²) in [6.07, 6.45) is 2.01. The maximum Gasteiger partial charge on any atom is 0.277 e. The van der Waals surface area contributed by atoms with E-state index in [0.717, 1.165) is 0 Å². The van der Waals surface area contributed by atoms with Crippen molar-refractivity contribution < 1.29 is 13.6 Å². The summed E-state index contributed by atoms with van der Waals surface area (Å²) in [6.45, 7) is 4.84. The van der Waals surface area contributed by atoms with Gasteiger partial charge >= 0.3 is 0 Å². The first-order valence-electron chi connectivity index (χ1n) is 8.64. The first kappa shape index (κ1) is 19.3. The zero-order valence-corrected chi connectivity index (χ0v) is 16.3. The number of amides is 1. The van der Waals surface area contributed by atoms with Crippen LogP contribution in [0.1, 0.15) is 54.0 Å². The monoisotopic (exact) mass is 391 g/mol. The topological polar surface area (TPSA) is 106 Å². The van der Waals surface area contributed by atoms with Crippen LogP contribution in [-0.2, 0) is 5.54 Å².